The van der Waals surface area contributed by atoms with Crippen molar-refractivity contribution in [2.24, 2.45) is 0 Å². The fourth-order valence-corrected chi connectivity index (χ4v) is 3.63. The zero-order valence-electron chi connectivity index (χ0n) is 18.9. The maximum absolute atomic E-state index is 13.4. The summed E-state index contributed by atoms with van der Waals surface area (Å²) in [6, 6.07) is 10.7. The number of nitrogens with one attached hydrogen (secondary N) is 1. The number of para-hydroxylation sites is 2. The van der Waals surface area contributed by atoms with Crippen LogP contribution < -0.4 is 14.8 Å². The lowest BCUT2D eigenvalue weighted by Crippen LogP contribution is -2.41. The second kappa shape index (κ2) is 11.8. The number of aromatic nitrogens is 4. The molecule has 0 atom stereocenters. The maximum atomic E-state index is 13.4. The molecule has 1 aliphatic rings. The van der Waals surface area contributed by atoms with E-state index in [9.17, 15) is 9.59 Å². The van der Waals surface area contributed by atoms with E-state index in [4.69, 9.17) is 9.47 Å². The van der Waals surface area contributed by atoms with Gasteiger partial charge in [0.1, 0.15) is 18.2 Å². The fourth-order valence-electron chi connectivity index (χ4n) is 3.63. The summed E-state index contributed by atoms with van der Waals surface area (Å²) in [5.74, 6) is 0.773. The second-order valence-corrected chi connectivity index (χ2v) is 7.90. The van der Waals surface area contributed by atoms with Crippen molar-refractivity contribution in [3.8, 4) is 17.4 Å². The van der Waals surface area contributed by atoms with E-state index in [1.54, 1.807) is 40.3 Å². The summed E-state index contributed by atoms with van der Waals surface area (Å²) in [6.45, 7) is 2.09. The van der Waals surface area contributed by atoms with E-state index in [1.165, 1.54) is 6.33 Å². The molecule has 10 heteroatoms. The predicted molar refractivity (Wildman–Crippen MR) is 124 cm³/mol. The Morgan fingerprint density at radius 3 is 2.82 bits per heavy atom. The van der Waals surface area contributed by atoms with Crippen LogP contribution in [0.15, 0.2) is 55.2 Å². The van der Waals surface area contributed by atoms with Gasteiger partial charge in [-0.05, 0) is 49.9 Å². The molecule has 1 N–H and O–H groups in total. The molecule has 0 aliphatic carbocycles. The van der Waals surface area contributed by atoms with Gasteiger partial charge < -0.3 is 19.7 Å². The predicted octanol–water partition coefficient (Wildman–Crippen LogP) is 2.68. The number of rotatable bonds is 6. The van der Waals surface area contributed by atoms with Gasteiger partial charge in [-0.1, -0.05) is 12.1 Å². The monoisotopic (exact) mass is 464 g/mol. The molecule has 10 nitrogen and oxygen atoms in total. The first-order chi connectivity index (χ1) is 16.7. The van der Waals surface area contributed by atoms with E-state index in [1.807, 2.05) is 18.2 Å². The first kappa shape index (κ1) is 23.2. The van der Waals surface area contributed by atoms with Gasteiger partial charge in [-0.3, -0.25) is 14.3 Å². The van der Waals surface area contributed by atoms with Gasteiger partial charge in [-0.25, -0.2) is 9.97 Å². The quantitative estimate of drug-likeness (QED) is 0.558. The largest absolute Gasteiger partial charge is 0.490 e. The van der Waals surface area contributed by atoms with Crippen molar-refractivity contribution < 1.29 is 19.1 Å². The summed E-state index contributed by atoms with van der Waals surface area (Å²) in [4.78, 5) is 35.8. The number of hydrogen-bond acceptors (Lipinski definition) is 7. The van der Waals surface area contributed by atoms with Crippen LogP contribution >= 0.6 is 0 Å². The molecule has 178 valence electrons. The number of aryl methyl sites for hydroxylation is 1. The van der Waals surface area contributed by atoms with Gasteiger partial charge >= 0.3 is 0 Å². The summed E-state index contributed by atoms with van der Waals surface area (Å²) < 4.78 is 13.6. The molecule has 0 fully saturated rings. The van der Waals surface area contributed by atoms with Crippen LogP contribution in [0.3, 0.4) is 0 Å². The van der Waals surface area contributed by atoms with E-state index in [-0.39, 0.29) is 24.2 Å². The van der Waals surface area contributed by atoms with Gasteiger partial charge in [0.15, 0.2) is 11.5 Å². The summed E-state index contributed by atoms with van der Waals surface area (Å²) >= 11 is 0. The van der Waals surface area contributed by atoms with Crippen LogP contribution in [0.1, 0.15) is 36.0 Å². The van der Waals surface area contributed by atoms with Gasteiger partial charge in [0.2, 0.25) is 11.8 Å². The van der Waals surface area contributed by atoms with Crippen molar-refractivity contribution in [3.05, 3.63) is 60.8 Å². The lowest BCUT2D eigenvalue weighted by molar-refractivity contribution is -0.121. The Morgan fingerprint density at radius 1 is 1.09 bits per heavy atom. The Morgan fingerprint density at radius 2 is 1.97 bits per heavy atom. The summed E-state index contributed by atoms with van der Waals surface area (Å²) in [5, 5.41) is 6.93. The molecular weight excluding hydrogens is 436 g/mol. The lowest BCUT2D eigenvalue weighted by Gasteiger charge is -2.23. The Hall–Kier alpha value is -3.95. The zero-order valence-corrected chi connectivity index (χ0v) is 18.9. The molecule has 3 aromatic rings. The second-order valence-electron chi connectivity index (χ2n) is 7.90. The van der Waals surface area contributed by atoms with E-state index in [2.05, 4.69) is 20.4 Å². The van der Waals surface area contributed by atoms with Crippen LogP contribution in [-0.4, -0.2) is 62.7 Å². The molecule has 0 spiro atoms. The van der Waals surface area contributed by atoms with Crippen LogP contribution in [0, 0.1) is 0 Å². The minimum absolute atomic E-state index is 0.0381. The zero-order chi connectivity index (χ0) is 23.6. The maximum Gasteiger partial charge on any atom is 0.259 e. The van der Waals surface area contributed by atoms with Crippen LogP contribution in [0.5, 0.6) is 17.4 Å². The van der Waals surface area contributed by atoms with Gasteiger partial charge in [-0.15, -0.1) is 0 Å². The molecule has 0 unspecified atom stereocenters. The molecule has 1 aromatic carbocycles. The number of ether oxygens (including phenoxy) is 2. The van der Waals surface area contributed by atoms with Gasteiger partial charge in [-0.2, -0.15) is 5.10 Å². The number of nitrogens with zero attached hydrogens (tertiary/aromatic N) is 5. The van der Waals surface area contributed by atoms with Crippen LogP contribution in [-0.2, 0) is 11.3 Å². The van der Waals surface area contributed by atoms with E-state index in [0.29, 0.717) is 49.7 Å². The average molecular weight is 465 g/mol. The van der Waals surface area contributed by atoms with Crippen molar-refractivity contribution >= 4 is 11.8 Å². The third-order valence-electron chi connectivity index (χ3n) is 5.36. The summed E-state index contributed by atoms with van der Waals surface area (Å²) in [5.41, 5.74) is 0.301. The van der Waals surface area contributed by atoms with Crippen LogP contribution in [0.4, 0.5) is 0 Å². The normalized spacial score (nSPS) is 14.4. The molecule has 2 amide bonds. The van der Waals surface area contributed by atoms with Crippen molar-refractivity contribution in [1.29, 1.82) is 0 Å². The minimum atomic E-state index is -0.293. The van der Waals surface area contributed by atoms with Crippen molar-refractivity contribution in [1.82, 2.24) is 30.0 Å². The molecule has 0 saturated heterocycles. The molecule has 3 heterocycles. The lowest BCUT2D eigenvalue weighted by atomic mass is 10.2. The fraction of sp³-hybridized carbons (Fsp3) is 0.375. The molecule has 0 bridgehead atoms. The number of hydrogen-bond donors (Lipinski definition) is 1. The van der Waals surface area contributed by atoms with Crippen molar-refractivity contribution in [2.75, 3.05) is 26.2 Å². The first-order valence-corrected chi connectivity index (χ1v) is 11.4. The smallest absolute Gasteiger partial charge is 0.259 e. The van der Waals surface area contributed by atoms with Crippen molar-refractivity contribution in [3.63, 3.8) is 0 Å². The standard InChI is InChI=1S/C24H28N6O4/c31-22(26-12-7-14-30-18-25-17-28-30)16-29-13-4-1-5-15-33-20-9-2-3-10-21(20)34-23-19(24(29)32)8-6-11-27-23/h2-3,6,8-11,17-18H,1,4-5,7,12-16H2,(H,26,31). The van der Waals surface area contributed by atoms with E-state index in [0.717, 1.165) is 19.3 Å². The Balaban J connectivity index is 1.45. The van der Waals surface area contributed by atoms with Gasteiger partial charge in [0.05, 0.1) is 13.2 Å². The number of amides is 2. The third kappa shape index (κ3) is 6.31. The molecule has 34 heavy (non-hydrogen) atoms. The molecule has 0 saturated carbocycles. The third-order valence-corrected chi connectivity index (χ3v) is 5.36. The molecular formula is C24H28N6O4. The van der Waals surface area contributed by atoms with Crippen molar-refractivity contribution in [2.45, 2.75) is 32.2 Å². The molecule has 4 rings (SSSR count). The summed E-state index contributed by atoms with van der Waals surface area (Å²) in [7, 11) is 0. The topological polar surface area (TPSA) is 111 Å². The average Bonchev–Trinajstić information content (AvgIpc) is 3.37. The highest BCUT2D eigenvalue weighted by Crippen LogP contribution is 2.32. The molecule has 0 radical (unpaired) electrons. The Bertz CT molecular complexity index is 1090. The highest BCUT2D eigenvalue weighted by atomic mass is 16.5. The first-order valence-electron chi connectivity index (χ1n) is 11.4. The number of pyridine rings is 1. The van der Waals surface area contributed by atoms with E-state index < -0.39 is 0 Å². The Labute approximate surface area is 197 Å². The molecule has 1 aliphatic heterocycles. The van der Waals surface area contributed by atoms with Gasteiger partial charge in [0.25, 0.3) is 5.91 Å². The SMILES string of the molecule is O=C(CN1CCCCCOc2ccccc2Oc2ncccc2C1=O)NCCCn1cncn1. The minimum Gasteiger partial charge on any atom is -0.490 e. The number of carbonyl (C=O) groups excluding carboxylic acids is 2. The van der Waals surface area contributed by atoms with Gasteiger partial charge in [0, 0.05) is 25.8 Å². The van der Waals surface area contributed by atoms with E-state index >= 15 is 0 Å². The number of carbonyl (C=O) groups is 2. The van der Waals surface area contributed by atoms with Crippen LogP contribution in [0.25, 0.3) is 0 Å². The highest BCUT2D eigenvalue weighted by Gasteiger charge is 2.23. The van der Waals surface area contributed by atoms with Crippen LogP contribution in [0.2, 0.25) is 0 Å². The molecule has 2 aromatic heterocycles. The highest BCUT2D eigenvalue weighted by molar-refractivity contribution is 5.98. The number of fused-ring (bicyclic) bond motifs is 2. The number of benzene rings is 1. The summed E-state index contributed by atoms with van der Waals surface area (Å²) in [6.07, 6.45) is 7.85. The Kier molecular flexibility index (Phi) is 8.04.